The number of carbonyl (C=O) groups is 2. The van der Waals surface area contributed by atoms with Crippen molar-refractivity contribution < 1.29 is 23.1 Å². The molecule has 2 aromatic carbocycles. The summed E-state index contributed by atoms with van der Waals surface area (Å²) in [5.41, 5.74) is 1.09. The molecule has 2 amide bonds. The lowest BCUT2D eigenvalue weighted by molar-refractivity contribution is -0.123. The Balaban J connectivity index is 1.31. The largest absolute Gasteiger partial charge is 0.461 e. The molecule has 0 spiro atoms. The molecule has 0 radical (unpaired) electrons. The highest BCUT2D eigenvalue weighted by Crippen LogP contribution is 2.43. The number of hydrogen-bond acceptors (Lipinski definition) is 6. The van der Waals surface area contributed by atoms with Gasteiger partial charge in [0.15, 0.2) is 0 Å². The summed E-state index contributed by atoms with van der Waals surface area (Å²) in [6.07, 6.45) is 2.93. The summed E-state index contributed by atoms with van der Waals surface area (Å²) >= 11 is 0. The molecule has 2 fully saturated rings. The summed E-state index contributed by atoms with van der Waals surface area (Å²) in [5.74, 6) is -0.893. The molecule has 0 atom stereocenters. The molecule has 2 aliphatic rings. The third-order valence-electron chi connectivity index (χ3n) is 6.74. The number of nitrogens with zero attached hydrogens (tertiary/aromatic N) is 2. The Morgan fingerprint density at radius 1 is 1.05 bits per heavy atom. The Labute approximate surface area is 213 Å². The van der Waals surface area contributed by atoms with Crippen molar-refractivity contribution in [1.29, 1.82) is 0 Å². The van der Waals surface area contributed by atoms with Crippen molar-refractivity contribution in [2.24, 2.45) is 0 Å². The van der Waals surface area contributed by atoms with Crippen LogP contribution in [0.2, 0.25) is 0 Å². The number of amides is 2. The lowest BCUT2D eigenvalue weighted by atomic mass is 10.1. The first kappa shape index (κ1) is 24.8. The zero-order valence-electron chi connectivity index (χ0n) is 20.1. The van der Waals surface area contributed by atoms with Crippen LogP contribution in [0.25, 0.3) is 11.3 Å². The normalized spacial score (nSPS) is 16.6. The van der Waals surface area contributed by atoms with Gasteiger partial charge in [0.1, 0.15) is 17.1 Å². The van der Waals surface area contributed by atoms with Crippen molar-refractivity contribution >= 4 is 23.2 Å². The lowest BCUT2D eigenvalue weighted by Crippen LogP contribution is -2.54. The van der Waals surface area contributed by atoms with Gasteiger partial charge in [0.05, 0.1) is 23.3 Å². The van der Waals surface area contributed by atoms with E-state index in [1.807, 2.05) is 0 Å². The van der Waals surface area contributed by atoms with Crippen LogP contribution in [0.4, 0.5) is 20.2 Å². The number of aromatic nitrogens is 1. The predicted molar refractivity (Wildman–Crippen MR) is 136 cm³/mol. The third kappa shape index (κ3) is 5.30. The van der Waals surface area contributed by atoms with Gasteiger partial charge in [0.25, 0.3) is 5.91 Å². The molecule has 10 heteroatoms. The van der Waals surface area contributed by atoms with Gasteiger partial charge in [-0.05, 0) is 55.3 Å². The number of hydrogen-bond donors (Lipinski definition) is 3. The highest BCUT2D eigenvalue weighted by Gasteiger charge is 2.54. The van der Waals surface area contributed by atoms with E-state index in [0.717, 1.165) is 39.0 Å². The molecule has 1 saturated heterocycles. The number of piperazine rings is 1. The zero-order valence-corrected chi connectivity index (χ0v) is 20.1. The van der Waals surface area contributed by atoms with Crippen LogP contribution in [-0.2, 0) is 4.79 Å². The van der Waals surface area contributed by atoms with Crippen molar-refractivity contribution in [2.75, 3.05) is 43.7 Å². The fourth-order valence-electron chi connectivity index (χ4n) is 4.59. The molecule has 3 N–H and O–H groups in total. The highest BCUT2D eigenvalue weighted by atomic mass is 19.1. The van der Waals surface area contributed by atoms with Crippen LogP contribution in [0.1, 0.15) is 23.2 Å². The number of pyridine rings is 1. The van der Waals surface area contributed by atoms with Crippen molar-refractivity contribution in [2.45, 2.75) is 18.4 Å². The second-order valence-electron chi connectivity index (χ2n) is 9.05. The molecular weight excluding hydrogens is 480 g/mol. The molecule has 0 bridgehead atoms. The number of halogens is 2. The number of benzene rings is 2. The van der Waals surface area contributed by atoms with Gasteiger partial charge in [-0.1, -0.05) is 12.1 Å². The van der Waals surface area contributed by atoms with E-state index >= 15 is 0 Å². The molecular formula is C27H27F2N5O3. The van der Waals surface area contributed by atoms with Crippen LogP contribution in [-0.4, -0.2) is 60.3 Å². The molecule has 3 aromatic rings. The summed E-state index contributed by atoms with van der Waals surface area (Å²) in [6.45, 7) is 2.10. The molecule has 5 rings (SSSR count). The summed E-state index contributed by atoms with van der Waals surface area (Å²) in [7, 11) is 0. The lowest BCUT2D eigenvalue weighted by Gasteiger charge is -2.34. The maximum absolute atomic E-state index is 14.0. The first-order valence-electron chi connectivity index (χ1n) is 12.1. The summed E-state index contributed by atoms with van der Waals surface area (Å²) < 4.78 is 32.1. The van der Waals surface area contributed by atoms with E-state index in [9.17, 15) is 18.4 Å². The van der Waals surface area contributed by atoms with Gasteiger partial charge < -0.3 is 20.7 Å². The number of anilines is 2. The molecule has 192 valence electrons. The number of nitrogens with one attached hydrogen (secondary N) is 3. The van der Waals surface area contributed by atoms with Crippen LogP contribution in [0.3, 0.4) is 0 Å². The topological polar surface area (TPSA) is 95.6 Å². The van der Waals surface area contributed by atoms with E-state index in [4.69, 9.17) is 4.74 Å². The molecule has 37 heavy (non-hydrogen) atoms. The molecule has 2 heterocycles. The first-order valence-corrected chi connectivity index (χ1v) is 12.1. The summed E-state index contributed by atoms with van der Waals surface area (Å²) in [5, 5.41) is 8.89. The van der Waals surface area contributed by atoms with E-state index in [-0.39, 0.29) is 28.7 Å². The molecule has 1 aliphatic carbocycles. The van der Waals surface area contributed by atoms with Crippen LogP contribution >= 0.6 is 0 Å². The van der Waals surface area contributed by atoms with E-state index in [2.05, 4.69) is 25.8 Å². The Morgan fingerprint density at radius 3 is 2.51 bits per heavy atom. The minimum Gasteiger partial charge on any atom is -0.461 e. The van der Waals surface area contributed by atoms with E-state index < -0.39 is 18.3 Å². The summed E-state index contributed by atoms with van der Waals surface area (Å²) in [6, 6.07) is 13.9. The molecule has 1 aliphatic heterocycles. The van der Waals surface area contributed by atoms with Gasteiger partial charge in [0, 0.05) is 37.3 Å². The molecule has 0 unspecified atom stereocenters. The van der Waals surface area contributed by atoms with Gasteiger partial charge in [0.2, 0.25) is 12.8 Å². The third-order valence-corrected chi connectivity index (χ3v) is 6.74. The second kappa shape index (κ2) is 10.6. The summed E-state index contributed by atoms with van der Waals surface area (Å²) in [4.78, 5) is 32.6. The molecule has 1 aromatic heterocycles. The minimum absolute atomic E-state index is 0.138. The average molecular weight is 508 g/mol. The van der Waals surface area contributed by atoms with Crippen LogP contribution in [0.5, 0.6) is 5.75 Å². The van der Waals surface area contributed by atoms with Gasteiger partial charge in [-0.15, -0.1) is 0 Å². The fourth-order valence-corrected chi connectivity index (χ4v) is 4.59. The second-order valence-corrected chi connectivity index (χ2v) is 9.05. The SMILES string of the molecule is O=C(Nc1ccc(-c2ccccc2F)nc1)c1ccc(OCF)c(NC(=O)C2(N3CCNCC3)CC2)c1. The maximum atomic E-state index is 14.0. The monoisotopic (exact) mass is 507 g/mol. The predicted octanol–water partition coefficient (Wildman–Crippen LogP) is 3.82. The van der Waals surface area contributed by atoms with Crippen molar-refractivity contribution in [3.05, 3.63) is 72.2 Å². The van der Waals surface area contributed by atoms with E-state index in [0.29, 0.717) is 16.9 Å². The van der Waals surface area contributed by atoms with Crippen LogP contribution < -0.4 is 20.7 Å². The van der Waals surface area contributed by atoms with Gasteiger partial charge >= 0.3 is 0 Å². The Kier molecular flexibility index (Phi) is 7.11. The van der Waals surface area contributed by atoms with Crippen molar-refractivity contribution in [3.8, 4) is 17.0 Å². The molecule has 8 nitrogen and oxygen atoms in total. The number of ether oxygens (including phenoxy) is 1. The van der Waals surface area contributed by atoms with E-state index in [1.165, 1.54) is 30.5 Å². The Bertz CT molecular complexity index is 1290. The number of rotatable bonds is 8. The Morgan fingerprint density at radius 2 is 1.84 bits per heavy atom. The fraction of sp³-hybridized carbons (Fsp3) is 0.296. The van der Waals surface area contributed by atoms with Crippen molar-refractivity contribution in [1.82, 2.24) is 15.2 Å². The highest BCUT2D eigenvalue weighted by molar-refractivity contribution is 6.07. The van der Waals surface area contributed by atoms with Gasteiger partial charge in [-0.3, -0.25) is 19.5 Å². The maximum Gasteiger partial charge on any atom is 0.255 e. The van der Waals surface area contributed by atoms with Crippen LogP contribution in [0.15, 0.2) is 60.8 Å². The standard InChI is InChI=1S/C27H27F2N5O3/c28-17-37-24-8-5-18(15-23(24)33-26(36)27(9-10-27)34-13-11-30-12-14-34)25(35)32-19-6-7-22(31-16-19)20-3-1-2-4-21(20)29/h1-8,15-16,30H,9-14,17H2,(H,32,35)(H,33,36). The number of carbonyl (C=O) groups excluding carboxylic acids is 2. The van der Waals surface area contributed by atoms with Crippen molar-refractivity contribution in [3.63, 3.8) is 0 Å². The zero-order chi connectivity index (χ0) is 25.8. The van der Waals surface area contributed by atoms with Gasteiger partial charge in [-0.25, -0.2) is 8.78 Å². The minimum atomic E-state index is -1.07. The smallest absolute Gasteiger partial charge is 0.255 e. The average Bonchev–Trinajstić information content (AvgIpc) is 3.73. The Hall–Kier alpha value is -3.89. The first-order chi connectivity index (χ1) is 18.0. The van der Waals surface area contributed by atoms with Gasteiger partial charge in [-0.2, -0.15) is 0 Å². The molecule has 1 saturated carbocycles. The number of alkyl halides is 1. The van der Waals surface area contributed by atoms with Crippen LogP contribution in [0, 0.1) is 5.82 Å². The van der Waals surface area contributed by atoms with E-state index in [1.54, 1.807) is 30.3 Å². The quantitative estimate of drug-likeness (QED) is 0.429.